The van der Waals surface area contributed by atoms with E-state index in [-0.39, 0.29) is 6.04 Å². The maximum Gasteiger partial charge on any atom is 0.123 e. The molecule has 112 valence electrons. The standard InChI is InChI=1S/C18H22BrNO/c1-5-20-18(14-7-8-16(19)13(3)11-14)15-10-12(2)6-9-17(15)21-4/h6-11,18,20H,5H2,1-4H3. The van der Waals surface area contributed by atoms with Crippen molar-refractivity contribution < 1.29 is 4.74 Å². The van der Waals surface area contributed by atoms with E-state index in [1.54, 1.807) is 7.11 Å². The fraction of sp³-hybridized carbons (Fsp3) is 0.333. The lowest BCUT2D eigenvalue weighted by atomic mass is 9.95. The van der Waals surface area contributed by atoms with Gasteiger partial charge >= 0.3 is 0 Å². The molecule has 1 atom stereocenters. The molecule has 2 rings (SSSR count). The van der Waals surface area contributed by atoms with Crippen molar-refractivity contribution in [2.75, 3.05) is 13.7 Å². The van der Waals surface area contributed by atoms with E-state index >= 15 is 0 Å². The number of ether oxygens (including phenoxy) is 1. The van der Waals surface area contributed by atoms with Crippen LogP contribution >= 0.6 is 15.9 Å². The average molecular weight is 348 g/mol. The lowest BCUT2D eigenvalue weighted by Gasteiger charge is -2.22. The van der Waals surface area contributed by atoms with Gasteiger partial charge in [-0.2, -0.15) is 0 Å². The van der Waals surface area contributed by atoms with Gasteiger partial charge in [0.25, 0.3) is 0 Å². The largest absolute Gasteiger partial charge is 0.496 e. The topological polar surface area (TPSA) is 21.3 Å². The first-order valence-electron chi connectivity index (χ1n) is 7.20. The molecule has 0 aliphatic heterocycles. The second-order valence-electron chi connectivity index (χ2n) is 5.24. The molecule has 2 aromatic rings. The van der Waals surface area contributed by atoms with E-state index in [0.717, 1.165) is 16.8 Å². The van der Waals surface area contributed by atoms with Gasteiger partial charge in [-0.15, -0.1) is 0 Å². The van der Waals surface area contributed by atoms with Gasteiger partial charge in [0.15, 0.2) is 0 Å². The summed E-state index contributed by atoms with van der Waals surface area (Å²) in [6.07, 6.45) is 0. The Balaban J connectivity index is 2.52. The highest BCUT2D eigenvalue weighted by Gasteiger charge is 2.18. The molecule has 0 spiro atoms. The molecule has 0 heterocycles. The number of benzene rings is 2. The summed E-state index contributed by atoms with van der Waals surface area (Å²) in [6.45, 7) is 7.25. The van der Waals surface area contributed by atoms with E-state index < -0.39 is 0 Å². The molecule has 0 aliphatic rings. The second-order valence-corrected chi connectivity index (χ2v) is 6.10. The van der Waals surface area contributed by atoms with E-state index in [0.29, 0.717) is 0 Å². The third-order valence-electron chi connectivity index (χ3n) is 3.62. The van der Waals surface area contributed by atoms with E-state index in [4.69, 9.17) is 4.74 Å². The summed E-state index contributed by atoms with van der Waals surface area (Å²) in [5.74, 6) is 0.923. The molecular formula is C18H22BrNO. The summed E-state index contributed by atoms with van der Waals surface area (Å²) in [5, 5.41) is 3.57. The highest BCUT2D eigenvalue weighted by molar-refractivity contribution is 9.10. The Labute approximate surface area is 135 Å². The van der Waals surface area contributed by atoms with E-state index in [1.807, 2.05) is 6.07 Å². The first-order chi connectivity index (χ1) is 10.1. The van der Waals surface area contributed by atoms with Crippen molar-refractivity contribution in [1.82, 2.24) is 5.32 Å². The van der Waals surface area contributed by atoms with Crippen LogP contribution in [0.5, 0.6) is 5.75 Å². The molecule has 0 saturated heterocycles. The number of aryl methyl sites for hydroxylation is 2. The van der Waals surface area contributed by atoms with Gasteiger partial charge in [0, 0.05) is 10.0 Å². The number of rotatable bonds is 5. The average Bonchev–Trinajstić information content (AvgIpc) is 2.48. The van der Waals surface area contributed by atoms with Gasteiger partial charge in [-0.1, -0.05) is 52.7 Å². The number of hydrogen-bond acceptors (Lipinski definition) is 2. The van der Waals surface area contributed by atoms with Gasteiger partial charge in [-0.25, -0.2) is 0 Å². The van der Waals surface area contributed by atoms with Gasteiger partial charge < -0.3 is 10.1 Å². The second kappa shape index (κ2) is 7.10. The predicted octanol–water partition coefficient (Wildman–Crippen LogP) is 4.77. The van der Waals surface area contributed by atoms with Crippen molar-refractivity contribution in [3.05, 3.63) is 63.1 Å². The minimum Gasteiger partial charge on any atom is -0.496 e. The van der Waals surface area contributed by atoms with Crippen molar-refractivity contribution in [3.63, 3.8) is 0 Å². The first-order valence-corrected chi connectivity index (χ1v) is 8.00. The Hall–Kier alpha value is -1.32. The first kappa shape index (κ1) is 16.1. The van der Waals surface area contributed by atoms with Crippen LogP contribution < -0.4 is 10.1 Å². The van der Waals surface area contributed by atoms with Crippen molar-refractivity contribution >= 4 is 15.9 Å². The number of nitrogens with one attached hydrogen (secondary N) is 1. The molecule has 0 aliphatic carbocycles. The molecule has 2 nitrogen and oxygen atoms in total. The van der Waals surface area contributed by atoms with Crippen LogP contribution in [0.2, 0.25) is 0 Å². The summed E-state index contributed by atoms with van der Waals surface area (Å²) in [7, 11) is 1.73. The molecular weight excluding hydrogens is 326 g/mol. The quantitative estimate of drug-likeness (QED) is 0.840. The molecule has 0 saturated carbocycles. The van der Waals surface area contributed by atoms with Crippen LogP contribution in [0, 0.1) is 13.8 Å². The Bertz CT molecular complexity index is 625. The molecule has 21 heavy (non-hydrogen) atoms. The minimum atomic E-state index is 0.136. The maximum absolute atomic E-state index is 5.55. The maximum atomic E-state index is 5.55. The fourth-order valence-electron chi connectivity index (χ4n) is 2.54. The number of halogens is 1. The van der Waals surface area contributed by atoms with Crippen LogP contribution in [0.1, 0.15) is 35.2 Å². The van der Waals surface area contributed by atoms with Gasteiger partial charge in [0.05, 0.1) is 13.2 Å². The van der Waals surface area contributed by atoms with Crippen molar-refractivity contribution in [2.45, 2.75) is 26.8 Å². The summed E-state index contributed by atoms with van der Waals surface area (Å²) >= 11 is 3.57. The Kier molecular flexibility index (Phi) is 5.43. The van der Waals surface area contributed by atoms with E-state index in [9.17, 15) is 0 Å². The number of methoxy groups -OCH3 is 1. The molecule has 0 bridgehead atoms. The zero-order valence-corrected chi connectivity index (χ0v) is 14.6. The molecule has 0 fully saturated rings. The van der Waals surface area contributed by atoms with Gasteiger partial charge in [-0.3, -0.25) is 0 Å². The minimum absolute atomic E-state index is 0.136. The number of hydrogen-bond donors (Lipinski definition) is 1. The highest BCUT2D eigenvalue weighted by Crippen LogP contribution is 2.32. The van der Waals surface area contributed by atoms with Crippen LogP contribution in [-0.4, -0.2) is 13.7 Å². The van der Waals surface area contributed by atoms with Crippen molar-refractivity contribution in [1.29, 1.82) is 0 Å². The molecule has 0 radical (unpaired) electrons. The predicted molar refractivity (Wildman–Crippen MR) is 92.1 cm³/mol. The Morgan fingerprint density at radius 1 is 1.14 bits per heavy atom. The SMILES string of the molecule is CCNC(c1ccc(Br)c(C)c1)c1cc(C)ccc1OC. The summed E-state index contributed by atoms with van der Waals surface area (Å²) in [6, 6.07) is 12.9. The molecule has 0 aromatic heterocycles. The van der Waals surface area contributed by atoms with Crippen LogP contribution in [0.25, 0.3) is 0 Å². The Morgan fingerprint density at radius 2 is 1.90 bits per heavy atom. The normalized spacial score (nSPS) is 12.2. The molecule has 3 heteroatoms. The third-order valence-corrected chi connectivity index (χ3v) is 4.51. The van der Waals surface area contributed by atoms with E-state index in [1.165, 1.54) is 22.3 Å². The summed E-state index contributed by atoms with van der Waals surface area (Å²) in [5.41, 5.74) is 4.91. The van der Waals surface area contributed by atoms with Crippen LogP contribution in [0.15, 0.2) is 40.9 Å². The summed E-state index contributed by atoms with van der Waals surface area (Å²) < 4.78 is 6.69. The fourth-order valence-corrected chi connectivity index (χ4v) is 2.78. The van der Waals surface area contributed by atoms with Gasteiger partial charge in [0.1, 0.15) is 5.75 Å². The van der Waals surface area contributed by atoms with Gasteiger partial charge in [0.2, 0.25) is 0 Å². The lowest BCUT2D eigenvalue weighted by molar-refractivity contribution is 0.404. The molecule has 1 unspecified atom stereocenters. The Morgan fingerprint density at radius 3 is 2.52 bits per heavy atom. The smallest absolute Gasteiger partial charge is 0.123 e. The van der Waals surface area contributed by atoms with E-state index in [2.05, 4.69) is 72.3 Å². The van der Waals surface area contributed by atoms with Crippen molar-refractivity contribution in [3.8, 4) is 5.75 Å². The van der Waals surface area contributed by atoms with Gasteiger partial charge in [-0.05, 0) is 43.7 Å². The monoisotopic (exact) mass is 347 g/mol. The van der Waals surface area contributed by atoms with Crippen LogP contribution in [0.3, 0.4) is 0 Å². The van der Waals surface area contributed by atoms with Crippen LogP contribution in [-0.2, 0) is 0 Å². The molecule has 1 N–H and O–H groups in total. The third kappa shape index (κ3) is 3.66. The highest BCUT2D eigenvalue weighted by atomic mass is 79.9. The molecule has 2 aromatic carbocycles. The van der Waals surface area contributed by atoms with Crippen LogP contribution in [0.4, 0.5) is 0 Å². The zero-order valence-electron chi connectivity index (χ0n) is 13.0. The van der Waals surface area contributed by atoms with Crippen molar-refractivity contribution in [2.24, 2.45) is 0 Å². The lowest BCUT2D eigenvalue weighted by Crippen LogP contribution is -2.22. The summed E-state index contributed by atoms with van der Waals surface area (Å²) in [4.78, 5) is 0. The zero-order chi connectivity index (χ0) is 15.4. The molecule has 0 amide bonds.